The van der Waals surface area contributed by atoms with Gasteiger partial charge in [-0.1, -0.05) is 45.0 Å². The molecule has 0 radical (unpaired) electrons. The zero-order valence-corrected chi connectivity index (χ0v) is 30.3. The third-order valence-electron chi connectivity index (χ3n) is 9.59. The monoisotopic (exact) mass is 706 g/mol. The van der Waals surface area contributed by atoms with E-state index in [1.807, 2.05) is 39.0 Å². The number of ether oxygens (including phenoxy) is 2. The molecule has 0 unspecified atom stereocenters. The predicted molar refractivity (Wildman–Crippen MR) is 185 cm³/mol. The van der Waals surface area contributed by atoms with Crippen LogP contribution in [0.25, 0.3) is 10.8 Å². The number of hydrogen-bond acceptors (Lipinski definition) is 10. The highest BCUT2D eigenvalue weighted by Gasteiger charge is 2.61. The summed E-state index contributed by atoms with van der Waals surface area (Å²) in [6.45, 7) is 14.4. The average molecular weight is 707 g/mol. The van der Waals surface area contributed by atoms with Gasteiger partial charge in [-0.2, -0.15) is 5.26 Å². The number of carbonyl (C=O) groups excluding carboxylic acids is 4. The fourth-order valence-corrected chi connectivity index (χ4v) is 8.34. The zero-order chi connectivity index (χ0) is 36.8. The van der Waals surface area contributed by atoms with Gasteiger partial charge in [-0.3, -0.25) is 19.2 Å². The van der Waals surface area contributed by atoms with Gasteiger partial charge in [-0.15, -0.1) is 6.58 Å². The molecule has 1 saturated heterocycles. The van der Waals surface area contributed by atoms with E-state index in [0.29, 0.717) is 18.2 Å². The number of esters is 1. The van der Waals surface area contributed by atoms with Crippen LogP contribution in [0.1, 0.15) is 79.3 Å². The molecular formula is C37H46N4O8S. The van der Waals surface area contributed by atoms with Crippen LogP contribution in [0.15, 0.2) is 43.0 Å². The Balaban J connectivity index is 1.46. The van der Waals surface area contributed by atoms with Crippen LogP contribution in [0.4, 0.5) is 0 Å². The summed E-state index contributed by atoms with van der Waals surface area (Å²) < 4.78 is 37.4. The molecule has 1 aliphatic heterocycles. The molecule has 3 aliphatic rings. The Morgan fingerprint density at radius 1 is 1.16 bits per heavy atom. The lowest BCUT2D eigenvalue weighted by molar-refractivity contribution is -0.161. The minimum Gasteiger partial charge on any atom is -0.472 e. The molecule has 1 N–H and O–H groups in total. The number of Topliss-reactive ketones (excluding diaryl/α,β-unsaturated/α-hetero) is 1. The number of aromatic nitrogens is 1. The summed E-state index contributed by atoms with van der Waals surface area (Å²) in [5.41, 5.74) is -2.81. The molecule has 2 amide bonds. The first-order valence-electron chi connectivity index (χ1n) is 17.0. The largest absolute Gasteiger partial charge is 0.472 e. The van der Waals surface area contributed by atoms with E-state index in [9.17, 15) is 32.9 Å². The number of nitrogens with zero attached hydrogens (tertiary/aromatic N) is 3. The molecule has 1 aromatic heterocycles. The zero-order valence-electron chi connectivity index (χ0n) is 29.5. The van der Waals surface area contributed by atoms with Gasteiger partial charge in [0.15, 0.2) is 15.6 Å². The number of fused-ring (bicyclic) bond motifs is 1. The fraction of sp³-hybridized carbons (Fsp3) is 0.568. The van der Waals surface area contributed by atoms with Gasteiger partial charge < -0.3 is 19.7 Å². The van der Waals surface area contributed by atoms with Crippen LogP contribution in [0.3, 0.4) is 0 Å². The molecule has 2 aromatic rings. The van der Waals surface area contributed by atoms with Crippen LogP contribution >= 0.6 is 0 Å². The molecule has 268 valence electrons. The number of rotatable bonds is 12. The molecule has 2 aliphatic carbocycles. The van der Waals surface area contributed by atoms with Gasteiger partial charge in [0, 0.05) is 17.7 Å². The highest BCUT2D eigenvalue weighted by molar-refractivity contribution is 7.93. The van der Waals surface area contributed by atoms with Gasteiger partial charge in [0.05, 0.1) is 24.1 Å². The molecule has 12 nitrogen and oxygen atoms in total. The van der Waals surface area contributed by atoms with E-state index in [0.717, 1.165) is 5.39 Å². The Hall–Kier alpha value is -4.31. The Kier molecular flexibility index (Phi) is 9.93. The molecule has 2 heterocycles. The molecule has 0 spiro atoms. The van der Waals surface area contributed by atoms with Crippen molar-refractivity contribution in [3.63, 3.8) is 0 Å². The van der Waals surface area contributed by atoms with Crippen LogP contribution in [0, 0.1) is 28.6 Å². The van der Waals surface area contributed by atoms with Crippen molar-refractivity contribution in [1.29, 1.82) is 5.26 Å². The molecule has 5 rings (SSSR count). The van der Waals surface area contributed by atoms with E-state index in [-0.39, 0.29) is 37.4 Å². The van der Waals surface area contributed by atoms with Crippen molar-refractivity contribution >= 4 is 44.2 Å². The van der Waals surface area contributed by atoms with Crippen LogP contribution in [-0.4, -0.2) is 82.7 Å². The van der Waals surface area contributed by atoms with Crippen LogP contribution in [0.5, 0.6) is 5.88 Å². The topological polar surface area (TPSA) is 173 Å². The molecule has 50 heavy (non-hydrogen) atoms. The van der Waals surface area contributed by atoms with Crippen LogP contribution in [0.2, 0.25) is 0 Å². The van der Waals surface area contributed by atoms with Crippen molar-refractivity contribution in [2.75, 3.05) is 12.3 Å². The number of sulfone groups is 1. The minimum absolute atomic E-state index is 0.0110. The second-order valence-corrected chi connectivity index (χ2v) is 18.1. The normalized spacial score (nSPS) is 24.2. The molecule has 1 aromatic carbocycles. The van der Waals surface area contributed by atoms with Crippen molar-refractivity contribution in [3.05, 3.63) is 48.7 Å². The van der Waals surface area contributed by atoms with Crippen molar-refractivity contribution in [1.82, 2.24) is 15.2 Å². The Labute approximate surface area is 293 Å². The van der Waals surface area contributed by atoms with E-state index in [2.05, 4.69) is 16.9 Å². The third kappa shape index (κ3) is 8.01. The molecule has 13 heteroatoms. The van der Waals surface area contributed by atoms with Crippen LogP contribution < -0.4 is 10.1 Å². The summed E-state index contributed by atoms with van der Waals surface area (Å²) in [5, 5.41) is 13.3. The molecule has 2 saturated carbocycles. The summed E-state index contributed by atoms with van der Waals surface area (Å²) in [6.07, 6.45) is 1.78. The van der Waals surface area contributed by atoms with E-state index >= 15 is 0 Å². The number of likely N-dealkylation sites (tertiary alicyclic amines) is 1. The Morgan fingerprint density at radius 3 is 2.42 bits per heavy atom. The number of carbonyl (C=O) groups is 4. The van der Waals surface area contributed by atoms with Gasteiger partial charge in [-0.25, -0.2) is 13.4 Å². The van der Waals surface area contributed by atoms with Crippen molar-refractivity contribution in [3.8, 4) is 11.9 Å². The first-order chi connectivity index (χ1) is 23.3. The second-order valence-electron chi connectivity index (χ2n) is 15.8. The number of ketones is 1. The number of nitrogens with one attached hydrogen (secondary N) is 1. The lowest BCUT2D eigenvalue weighted by Crippen LogP contribution is -2.55. The van der Waals surface area contributed by atoms with Crippen molar-refractivity contribution in [2.45, 2.75) is 102 Å². The van der Waals surface area contributed by atoms with Gasteiger partial charge in [0.2, 0.25) is 17.7 Å². The standard InChI is InChI=1S/C37H46N4O8S/c1-8-23-18-37(23,30(42)21-50(46,47)26-13-14-26)40-32(44)29-16-25(48-33-27-12-10-9-11-22(27)15-24(19-38)39-33)20-41(29)34(45)28(35(2,3)4)17-31(43)49-36(5,6)7/h8-12,15,23,25-26,28-29H,1,13-14,16-18,20-21H2,2-7H3,(H,40,44)/t23-,25-,28-,29+,37-/m1/s1. The first-order valence-corrected chi connectivity index (χ1v) is 18.7. The maximum Gasteiger partial charge on any atom is 0.307 e. The van der Waals surface area contributed by atoms with Crippen LogP contribution in [-0.2, 0) is 33.8 Å². The summed E-state index contributed by atoms with van der Waals surface area (Å²) in [4.78, 5) is 61.0. The summed E-state index contributed by atoms with van der Waals surface area (Å²) in [6, 6.07) is 9.79. The summed E-state index contributed by atoms with van der Waals surface area (Å²) in [7, 11) is -3.65. The highest BCUT2D eigenvalue weighted by atomic mass is 32.2. The lowest BCUT2D eigenvalue weighted by Gasteiger charge is -2.35. The molecule has 5 atom stereocenters. The SMILES string of the molecule is C=C[C@@H]1C[C@]1(NC(=O)[C@@H]1C[C@@H](Oc2nc(C#N)cc3ccccc23)CN1C(=O)[C@@H](CC(=O)OC(C)(C)C)C(C)(C)C)C(=O)CS(=O)(=O)C1CC1. The predicted octanol–water partition coefficient (Wildman–Crippen LogP) is 4.06. The molecule has 0 bridgehead atoms. The van der Waals surface area contributed by atoms with Crippen molar-refractivity contribution < 1.29 is 37.1 Å². The summed E-state index contributed by atoms with van der Waals surface area (Å²) in [5.74, 6) is -4.13. The van der Waals surface area contributed by atoms with Gasteiger partial charge >= 0.3 is 5.97 Å². The molecular weight excluding hydrogens is 660 g/mol. The lowest BCUT2D eigenvalue weighted by atomic mass is 9.77. The second kappa shape index (κ2) is 13.4. The third-order valence-corrected chi connectivity index (χ3v) is 11.7. The number of hydrogen-bond donors (Lipinski definition) is 1. The van der Waals surface area contributed by atoms with E-state index in [4.69, 9.17) is 9.47 Å². The maximum atomic E-state index is 14.5. The maximum absolute atomic E-state index is 14.5. The van der Waals surface area contributed by atoms with E-state index in [1.54, 1.807) is 39.0 Å². The molecule has 3 fully saturated rings. The van der Waals surface area contributed by atoms with E-state index < -0.39 is 84.9 Å². The number of amides is 2. The van der Waals surface area contributed by atoms with E-state index in [1.165, 1.54) is 11.0 Å². The number of nitriles is 1. The first kappa shape index (κ1) is 37.0. The minimum atomic E-state index is -3.65. The average Bonchev–Trinajstić information content (AvgIpc) is 3.95. The Morgan fingerprint density at radius 2 is 1.84 bits per heavy atom. The van der Waals surface area contributed by atoms with Crippen molar-refractivity contribution in [2.24, 2.45) is 17.3 Å². The van der Waals surface area contributed by atoms with Gasteiger partial charge in [0.1, 0.15) is 40.8 Å². The Bertz CT molecular complexity index is 1870. The highest BCUT2D eigenvalue weighted by Crippen LogP contribution is 2.46. The number of pyridine rings is 1. The number of benzene rings is 1. The summed E-state index contributed by atoms with van der Waals surface area (Å²) >= 11 is 0. The fourth-order valence-electron chi connectivity index (χ4n) is 6.63. The van der Waals surface area contributed by atoms with Gasteiger partial charge in [0.25, 0.3) is 0 Å². The smallest absolute Gasteiger partial charge is 0.307 e. The van der Waals surface area contributed by atoms with Gasteiger partial charge in [-0.05, 0) is 63.0 Å². The quantitative estimate of drug-likeness (QED) is 0.251.